The molecule has 0 bridgehead atoms. The molecule has 0 radical (unpaired) electrons. The third-order valence-electron chi connectivity index (χ3n) is 6.32. The third kappa shape index (κ3) is 3.83. The number of rotatable bonds is 5. The van der Waals surface area contributed by atoms with E-state index >= 15 is 0 Å². The quantitative estimate of drug-likeness (QED) is 0.545. The maximum Gasteiger partial charge on any atom is 0.119 e. The van der Waals surface area contributed by atoms with E-state index in [1.54, 1.807) is 0 Å². The van der Waals surface area contributed by atoms with Crippen LogP contribution in [0.3, 0.4) is 0 Å². The van der Waals surface area contributed by atoms with Crippen LogP contribution in [0.5, 0.6) is 5.75 Å². The second-order valence-corrected chi connectivity index (χ2v) is 8.02. The lowest BCUT2D eigenvalue weighted by Gasteiger charge is -2.41. The lowest BCUT2D eigenvalue weighted by molar-refractivity contribution is 0.00495. The first-order chi connectivity index (χ1) is 13.2. The lowest BCUT2D eigenvalue weighted by Crippen LogP contribution is -2.38. The minimum Gasteiger partial charge on any atom is -0.508 e. The van der Waals surface area contributed by atoms with Crippen molar-refractivity contribution in [3.05, 3.63) is 58.7 Å². The van der Waals surface area contributed by atoms with Crippen molar-refractivity contribution < 1.29 is 9.94 Å². The highest BCUT2D eigenvalue weighted by Gasteiger charge is 2.36. The van der Waals surface area contributed by atoms with Gasteiger partial charge in [-0.2, -0.15) is 5.48 Å². The highest BCUT2D eigenvalue weighted by Crippen LogP contribution is 2.47. The number of hydrogen-bond acceptors (Lipinski definition) is 4. The summed E-state index contributed by atoms with van der Waals surface area (Å²) in [6.45, 7) is 2.73. The Bertz CT molecular complexity index is 805. The highest BCUT2D eigenvalue weighted by molar-refractivity contribution is 5.51. The maximum atomic E-state index is 10.6. The average molecular weight is 367 g/mol. The normalized spacial score (nSPS) is 24.3. The van der Waals surface area contributed by atoms with Gasteiger partial charge in [0.05, 0.1) is 6.61 Å². The topological polar surface area (TPSA) is 67.5 Å². The van der Waals surface area contributed by atoms with Crippen molar-refractivity contribution in [1.29, 1.82) is 0 Å². The van der Waals surface area contributed by atoms with Gasteiger partial charge >= 0.3 is 0 Å². The van der Waals surface area contributed by atoms with Crippen LogP contribution in [0.4, 0.5) is 5.69 Å². The molecule has 4 nitrogen and oxygen atoms in total. The molecule has 2 aromatic carbocycles. The molecule has 0 heterocycles. The van der Waals surface area contributed by atoms with Gasteiger partial charge in [0.1, 0.15) is 5.75 Å². The molecule has 1 fully saturated rings. The van der Waals surface area contributed by atoms with Gasteiger partial charge in [-0.05, 0) is 85.8 Å². The van der Waals surface area contributed by atoms with E-state index < -0.39 is 0 Å². The standard InChI is InChI=1S/C23H30N2O2/c1-2-27-25-18-7-9-19-16(14-18)6-8-21-20(19)10-11-23(26)22(21)13-15-4-3-5-17(24)12-15/h3-5,10-12,16,18-19,25-26H,2,6-9,13-14,24H2,1H3/t16-,18?,19+/m1/s1. The van der Waals surface area contributed by atoms with Crippen LogP contribution < -0.4 is 11.2 Å². The summed E-state index contributed by atoms with van der Waals surface area (Å²) in [6, 6.07) is 12.5. The highest BCUT2D eigenvalue weighted by atomic mass is 16.6. The molecule has 27 heavy (non-hydrogen) atoms. The van der Waals surface area contributed by atoms with Crippen molar-refractivity contribution in [2.24, 2.45) is 5.92 Å². The van der Waals surface area contributed by atoms with E-state index in [1.807, 2.05) is 31.2 Å². The summed E-state index contributed by atoms with van der Waals surface area (Å²) >= 11 is 0. The van der Waals surface area contributed by atoms with Crippen LogP contribution >= 0.6 is 0 Å². The summed E-state index contributed by atoms with van der Waals surface area (Å²) in [5, 5.41) is 10.6. The van der Waals surface area contributed by atoms with Gasteiger partial charge in [-0.25, -0.2) is 0 Å². The second kappa shape index (κ2) is 7.91. The number of nitrogens with one attached hydrogen (secondary N) is 1. The molecule has 2 aliphatic rings. The molecule has 1 saturated carbocycles. The van der Waals surface area contributed by atoms with Crippen molar-refractivity contribution >= 4 is 5.69 Å². The van der Waals surface area contributed by atoms with Gasteiger partial charge in [-0.15, -0.1) is 0 Å². The van der Waals surface area contributed by atoms with Crippen LogP contribution in [-0.4, -0.2) is 17.8 Å². The predicted molar refractivity (Wildman–Crippen MR) is 109 cm³/mol. The van der Waals surface area contributed by atoms with Gasteiger partial charge in [0.25, 0.3) is 0 Å². The Morgan fingerprint density at radius 1 is 1.19 bits per heavy atom. The van der Waals surface area contributed by atoms with Gasteiger partial charge in [0.2, 0.25) is 0 Å². The lowest BCUT2D eigenvalue weighted by atomic mass is 9.66. The number of benzene rings is 2. The van der Waals surface area contributed by atoms with Crippen LogP contribution in [0.1, 0.15) is 60.8 Å². The molecule has 144 valence electrons. The molecule has 2 aromatic rings. The van der Waals surface area contributed by atoms with E-state index in [9.17, 15) is 5.11 Å². The number of hydroxylamine groups is 1. The van der Waals surface area contributed by atoms with Gasteiger partial charge in [0, 0.05) is 23.7 Å². The fraction of sp³-hybridized carbons (Fsp3) is 0.478. The zero-order chi connectivity index (χ0) is 18.8. The molecule has 4 rings (SSSR count). The van der Waals surface area contributed by atoms with Crippen LogP contribution in [0.2, 0.25) is 0 Å². The van der Waals surface area contributed by atoms with E-state index in [-0.39, 0.29) is 0 Å². The summed E-state index contributed by atoms with van der Waals surface area (Å²) in [7, 11) is 0. The molecule has 0 spiro atoms. The zero-order valence-electron chi connectivity index (χ0n) is 16.1. The molecule has 4 N–H and O–H groups in total. The Kier molecular flexibility index (Phi) is 5.37. The Labute approximate surface area is 161 Å². The Morgan fingerprint density at radius 2 is 2.07 bits per heavy atom. The number of nitrogen functional groups attached to an aromatic ring is 1. The molecular weight excluding hydrogens is 336 g/mol. The molecule has 3 atom stereocenters. The Balaban J connectivity index is 1.58. The fourth-order valence-corrected chi connectivity index (χ4v) is 5.08. The number of hydrogen-bond donors (Lipinski definition) is 3. The number of anilines is 1. The molecule has 2 aliphatic carbocycles. The summed E-state index contributed by atoms with van der Waals surface area (Å²) in [5.74, 6) is 1.73. The van der Waals surface area contributed by atoms with E-state index in [2.05, 4.69) is 17.6 Å². The van der Waals surface area contributed by atoms with E-state index in [1.165, 1.54) is 30.4 Å². The van der Waals surface area contributed by atoms with E-state index in [4.69, 9.17) is 10.6 Å². The molecule has 0 amide bonds. The minimum absolute atomic E-state index is 0.418. The first-order valence-electron chi connectivity index (χ1n) is 10.2. The van der Waals surface area contributed by atoms with Crippen LogP contribution in [0.15, 0.2) is 36.4 Å². The van der Waals surface area contributed by atoms with Gasteiger partial charge in [-0.3, -0.25) is 0 Å². The summed E-state index contributed by atoms with van der Waals surface area (Å²) < 4.78 is 0. The first kappa shape index (κ1) is 18.3. The summed E-state index contributed by atoms with van der Waals surface area (Å²) in [6.07, 6.45) is 6.48. The number of phenolic OH excluding ortho intramolecular Hbond substituents is 1. The van der Waals surface area contributed by atoms with Crippen molar-refractivity contribution in [3.63, 3.8) is 0 Å². The van der Waals surface area contributed by atoms with Crippen molar-refractivity contribution in [1.82, 2.24) is 5.48 Å². The monoisotopic (exact) mass is 366 g/mol. The number of nitrogens with two attached hydrogens (primary N) is 1. The fourth-order valence-electron chi connectivity index (χ4n) is 5.08. The van der Waals surface area contributed by atoms with Crippen LogP contribution in [0, 0.1) is 5.92 Å². The number of phenols is 1. The summed E-state index contributed by atoms with van der Waals surface area (Å²) in [4.78, 5) is 5.44. The first-order valence-corrected chi connectivity index (χ1v) is 10.2. The van der Waals surface area contributed by atoms with Crippen LogP contribution in [-0.2, 0) is 17.7 Å². The molecule has 4 heteroatoms. The van der Waals surface area contributed by atoms with Crippen molar-refractivity contribution in [2.75, 3.05) is 12.3 Å². The molecule has 0 aliphatic heterocycles. The van der Waals surface area contributed by atoms with E-state index in [0.29, 0.717) is 30.2 Å². The van der Waals surface area contributed by atoms with Gasteiger partial charge < -0.3 is 15.7 Å². The van der Waals surface area contributed by atoms with Crippen LogP contribution in [0.25, 0.3) is 0 Å². The Morgan fingerprint density at radius 3 is 2.89 bits per heavy atom. The average Bonchev–Trinajstić information content (AvgIpc) is 2.68. The van der Waals surface area contributed by atoms with Gasteiger partial charge in [0.15, 0.2) is 0 Å². The smallest absolute Gasteiger partial charge is 0.119 e. The van der Waals surface area contributed by atoms with Gasteiger partial charge in [-0.1, -0.05) is 18.2 Å². The SMILES string of the molecule is CCONC1CC[C@@H]2c3ccc(O)c(Cc4cccc(N)c4)c3CC[C@@H]2C1. The summed E-state index contributed by atoms with van der Waals surface area (Å²) in [5.41, 5.74) is 15.0. The predicted octanol–water partition coefficient (Wildman–Crippen LogP) is 4.30. The Hall–Kier alpha value is -2.04. The number of fused-ring (bicyclic) bond motifs is 3. The molecule has 0 aromatic heterocycles. The largest absolute Gasteiger partial charge is 0.508 e. The molecule has 0 saturated heterocycles. The minimum atomic E-state index is 0.418. The maximum absolute atomic E-state index is 10.6. The van der Waals surface area contributed by atoms with Crippen molar-refractivity contribution in [3.8, 4) is 5.75 Å². The zero-order valence-corrected chi connectivity index (χ0v) is 16.1. The molecule has 1 unspecified atom stereocenters. The second-order valence-electron chi connectivity index (χ2n) is 8.02. The number of aromatic hydroxyl groups is 1. The third-order valence-corrected chi connectivity index (χ3v) is 6.32. The van der Waals surface area contributed by atoms with E-state index in [0.717, 1.165) is 36.1 Å². The van der Waals surface area contributed by atoms with Crippen molar-refractivity contribution in [2.45, 2.75) is 57.4 Å². The molecular formula is C23H30N2O2.